The Labute approximate surface area is 102 Å². The highest BCUT2D eigenvalue weighted by molar-refractivity contribution is 6.01. The third-order valence-corrected chi connectivity index (χ3v) is 3.22. The first-order valence-electron chi connectivity index (χ1n) is 5.99. The lowest BCUT2D eigenvalue weighted by Crippen LogP contribution is -2.44. The van der Waals surface area contributed by atoms with Gasteiger partial charge in [0.15, 0.2) is 5.78 Å². The standard InChI is InChI=1S/C14H19NO2/c1-10-4-5-11(2)12(8-10)14(16)13-9-15(3)6-7-17-13/h4-5,8,13H,6-7,9H2,1-3H3. The molecular weight excluding hydrogens is 214 g/mol. The summed E-state index contributed by atoms with van der Waals surface area (Å²) in [5, 5.41) is 0. The molecule has 0 saturated carbocycles. The molecule has 0 N–H and O–H groups in total. The van der Waals surface area contributed by atoms with Crippen molar-refractivity contribution in [2.45, 2.75) is 20.0 Å². The molecule has 3 nitrogen and oxygen atoms in total. The number of morpholine rings is 1. The molecule has 0 aliphatic carbocycles. The first-order valence-corrected chi connectivity index (χ1v) is 5.99. The topological polar surface area (TPSA) is 29.5 Å². The first-order chi connectivity index (χ1) is 8.08. The summed E-state index contributed by atoms with van der Waals surface area (Å²) in [4.78, 5) is 14.5. The fraction of sp³-hybridized carbons (Fsp3) is 0.500. The van der Waals surface area contributed by atoms with Crippen LogP contribution in [0.5, 0.6) is 0 Å². The lowest BCUT2D eigenvalue weighted by Gasteiger charge is -2.29. The van der Waals surface area contributed by atoms with Gasteiger partial charge in [-0.3, -0.25) is 4.79 Å². The largest absolute Gasteiger partial charge is 0.367 e. The van der Waals surface area contributed by atoms with Gasteiger partial charge in [-0.15, -0.1) is 0 Å². The van der Waals surface area contributed by atoms with E-state index in [0.717, 1.165) is 23.2 Å². The molecule has 1 saturated heterocycles. The molecule has 2 rings (SSSR count). The van der Waals surface area contributed by atoms with Gasteiger partial charge in [-0.25, -0.2) is 0 Å². The molecule has 0 aromatic heterocycles. The number of ketones is 1. The van der Waals surface area contributed by atoms with Gasteiger partial charge in [0.1, 0.15) is 6.10 Å². The molecule has 1 aliphatic rings. The highest BCUT2D eigenvalue weighted by atomic mass is 16.5. The van der Waals surface area contributed by atoms with Crippen LogP contribution >= 0.6 is 0 Å². The van der Waals surface area contributed by atoms with Crippen LogP contribution in [-0.2, 0) is 4.74 Å². The van der Waals surface area contributed by atoms with Crippen molar-refractivity contribution in [3.8, 4) is 0 Å². The predicted octanol–water partition coefficient (Wildman–Crippen LogP) is 1.82. The summed E-state index contributed by atoms with van der Waals surface area (Å²) in [6.45, 7) is 6.20. The Bertz CT molecular complexity index is 428. The smallest absolute Gasteiger partial charge is 0.193 e. The van der Waals surface area contributed by atoms with Crippen LogP contribution in [0, 0.1) is 13.8 Å². The Morgan fingerprint density at radius 1 is 1.41 bits per heavy atom. The molecule has 1 aromatic rings. The maximum Gasteiger partial charge on any atom is 0.193 e. The summed E-state index contributed by atoms with van der Waals surface area (Å²) in [6, 6.07) is 5.98. The van der Waals surface area contributed by atoms with E-state index in [4.69, 9.17) is 4.74 Å². The first kappa shape index (κ1) is 12.3. The molecule has 0 spiro atoms. The number of nitrogens with zero attached hydrogens (tertiary/aromatic N) is 1. The fourth-order valence-electron chi connectivity index (χ4n) is 2.11. The van der Waals surface area contributed by atoms with Crippen LogP contribution in [0.25, 0.3) is 0 Å². The maximum atomic E-state index is 12.4. The Balaban J connectivity index is 2.21. The van der Waals surface area contributed by atoms with Gasteiger partial charge in [-0.1, -0.05) is 17.7 Å². The van der Waals surface area contributed by atoms with Crippen LogP contribution in [0.2, 0.25) is 0 Å². The van der Waals surface area contributed by atoms with E-state index in [0.29, 0.717) is 13.2 Å². The van der Waals surface area contributed by atoms with E-state index in [1.54, 1.807) is 0 Å². The summed E-state index contributed by atoms with van der Waals surface area (Å²) in [5.74, 6) is 0.109. The van der Waals surface area contributed by atoms with Gasteiger partial charge >= 0.3 is 0 Å². The number of carbonyl (C=O) groups excluding carboxylic acids is 1. The van der Waals surface area contributed by atoms with Crippen LogP contribution in [-0.4, -0.2) is 43.5 Å². The SMILES string of the molecule is Cc1ccc(C)c(C(=O)C2CN(C)CCO2)c1. The van der Waals surface area contributed by atoms with Crippen molar-refractivity contribution in [1.82, 2.24) is 4.90 Å². The minimum atomic E-state index is -0.311. The van der Waals surface area contributed by atoms with Gasteiger partial charge in [0.05, 0.1) is 6.61 Å². The lowest BCUT2D eigenvalue weighted by atomic mass is 9.98. The van der Waals surface area contributed by atoms with Crippen LogP contribution in [0.3, 0.4) is 0 Å². The molecule has 17 heavy (non-hydrogen) atoms. The van der Waals surface area contributed by atoms with E-state index in [1.165, 1.54) is 0 Å². The highest BCUT2D eigenvalue weighted by Crippen LogP contribution is 2.16. The summed E-state index contributed by atoms with van der Waals surface area (Å²) >= 11 is 0. The predicted molar refractivity (Wildman–Crippen MR) is 67.5 cm³/mol. The quantitative estimate of drug-likeness (QED) is 0.730. The number of benzene rings is 1. The Hall–Kier alpha value is -1.19. The van der Waals surface area contributed by atoms with Crippen LogP contribution in [0.1, 0.15) is 21.5 Å². The normalized spacial score (nSPS) is 21.5. The number of ether oxygens (including phenoxy) is 1. The number of rotatable bonds is 2. The van der Waals surface area contributed by atoms with E-state index >= 15 is 0 Å². The van der Waals surface area contributed by atoms with Crippen LogP contribution in [0.15, 0.2) is 18.2 Å². The Morgan fingerprint density at radius 2 is 2.18 bits per heavy atom. The third-order valence-electron chi connectivity index (χ3n) is 3.22. The van der Waals surface area contributed by atoms with Crippen LogP contribution < -0.4 is 0 Å². The molecule has 92 valence electrons. The summed E-state index contributed by atoms with van der Waals surface area (Å²) in [6.07, 6.45) is -0.311. The van der Waals surface area contributed by atoms with Crippen molar-refractivity contribution in [3.63, 3.8) is 0 Å². The molecule has 1 unspecified atom stereocenters. The lowest BCUT2D eigenvalue weighted by molar-refractivity contribution is -0.00866. The van der Waals surface area contributed by atoms with Gasteiger partial charge in [0.2, 0.25) is 0 Å². The third kappa shape index (κ3) is 2.73. The van der Waals surface area contributed by atoms with Gasteiger partial charge in [-0.05, 0) is 32.5 Å². The zero-order valence-corrected chi connectivity index (χ0v) is 10.7. The minimum absolute atomic E-state index is 0.109. The van der Waals surface area contributed by atoms with Gasteiger partial charge in [0, 0.05) is 18.7 Å². The molecule has 0 bridgehead atoms. The second-order valence-corrected chi connectivity index (χ2v) is 4.80. The van der Waals surface area contributed by atoms with Crippen molar-refractivity contribution >= 4 is 5.78 Å². The summed E-state index contributed by atoms with van der Waals surface area (Å²) in [5.41, 5.74) is 2.94. The Kier molecular flexibility index (Phi) is 3.60. The highest BCUT2D eigenvalue weighted by Gasteiger charge is 2.26. The van der Waals surface area contributed by atoms with Crippen molar-refractivity contribution in [2.24, 2.45) is 0 Å². The van der Waals surface area contributed by atoms with Crippen molar-refractivity contribution in [1.29, 1.82) is 0 Å². The van der Waals surface area contributed by atoms with Crippen LogP contribution in [0.4, 0.5) is 0 Å². The van der Waals surface area contributed by atoms with E-state index in [-0.39, 0.29) is 11.9 Å². The second kappa shape index (κ2) is 4.98. The molecule has 1 atom stereocenters. The molecule has 1 aromatic carbocycles. The van der Waals surface area contributed by atoms with Gasteiger partial charge in [0.25, 0.3) is 0 Å². The number of likely N-dealkylation sites (N-methyl/N-ethyl adjacent to an activating group) is 1. The van der Waals surface area contributed by atoms with E-state index in [2.05, 4.69) is 4.90 Å². The van der Waals surface area contributed by atoms with Gasteiger partial charge < -0.3 is 9.64 Å². The van der Waals surface area contributed by atoms with E-state index in [1.807, 2.05) is 39.1 Å². The number of Topliss-reactive ketones (excluding diaryl/α,β-unsaturated/α-hetero) is 1. The van der Waals surface area contributed by atoms with Gasteiger partial charge in [-0.2, -0.15) is 0 Å². The molecule has 1 fully saturated rings. The zero-order chi connectivity index (χ0) is 12.4. The zero-order valence-electron chi connectivity index (χ0n) is 10.7. The molecular formula is C14H19NO2. The summed E-state index contributed by atoms with van der Waals surface area (Å²) in [7, 11) is 2.02. The monoisotopic (exact) mass is 233 g/mol. The number of carbonyl (C=O) groups is 1. The van der Waals surface area contributed by atoms with E-state index in [9.17, 15) is 4.79 Å². The number of hydrogen-bond donors (Lipinski definition) is 0. The number of hydrogen-bond acceptors (Lipinski definition) is 3. The average Bonchev–Trinajstić information content (AvgIpc) is 2.31. The molecule has 1 heterocycles. The maximum absolute atomic E-state index is 12.4. The molecule has 1 aliphatic heterocycles. The number of aryl methyl sites for hydroxylation is 2. The van der Waals surface area contributed by atoms with E-state index < -0.39 is 0 Å². The minimum Gasteiger partial charge on any atom is -0.367 e. The molecule has 3 heteroatoms. The molecule has 0 radical (unpaired) electrons. The van der Waals surface area contributed by atoms with Crippen molar-refractivity contribution < 1.29 is 9.53 Å². The fourth-order valence-corrected chi connectivity index (χ4v) is 2.11. The van der Waals surface area contributed by atoms with Crippen molar-refractivity contribution in [3.05, 3.63) is 34.9 Å². The average molecular weight is 233 g/mol. The molecule has 0 amide bonds. The van der Waals surface area contributed by atoms with Crippen molar-refractivity contribution in [2.75, 3.05) is 26.7 Å². The Morgan fingerprint density at radius 3 is 2.88 bits per heavy atom. The summed E-state index contributed by atoms with van der Waals surface area (Å²) < 4.78 is 5.57. The second-order valence-electron chi connectivity index (χ2n) is 4.80.